The largest absolute Gasteiger partial charge is 0.353 e. The molecular formula is C22H23FN4O. The first-order valence-electron chi connectivity index (χ1n) is 9.58. The number of carbonyl (C=O) groups excluding carboxylic acids is 1. The van der Waals surface area contributed by atoms with Gasteiger partial charge >= 0.3 is 0 Å². The molecule has 1 amide bonds. The minimum atomic E-state index is -0.258. The lowest BCUT2D eigenvalue weighted by Gasteiger charge is -2.16. The summed E-state index contributed by atoms with van der Waals surface area (Å²) in [6, 6.07) is 16.1. The fraction of sp³-hybridized carbons (Fsp3) is 0.273. The van der Waals surface area contributed by atoms with Gasteiger partial charge in [0, 0.05) is 30.8 Å². The van der Waals surface area contributed by atoms with Crippen molar-refractivity contribution in [3.63, 3.8) is 0 Å². The van der Waals surface area contributed by atoms with E-state index in [0.29, 0.717) is 12.1 Å². The van der Waals surface area contributed by atoms with E-state index in [0.717, 1.165) is 36.5 Å². The van der Waals surface area contributed by atoms with Crippen LogP contribution in [-0.4, -0.2) is 35.2 Å². The van der Waals surface area contributed by atoms with Crippen molar-refractivity contribution in [3.05, 3.63) is 71.5 Å². The Hall–Kier alpha value is -3.15. The van der Waals surface area contributed by atoms with Gasteiger partial charge in [-0.15, -0.1) is 0 Å². The molecule has 28 heavy (non-hydrogen) atoms. The third kappa shape index (κ3) is 3.91. The lowest BCUT2D eigenvalue weighted by molar-refractivity contribution is 0.0940. The number of carbonyl (C=O) groups is 1. The summed E-state index contributed by atoms with van der Waals surface area (Å²) in [5.74, 6) is 0.540. The summed E-state index contributed by atoms with van der Waals surface area (Å²) in [6.07, 6.45) is 1.83. The van der Waals surface area contributed by atoms with Crippen molar-refractivity contribution in [2.75, 3.05) is 18.0 Å². The van der Waals surface area contributed by atoms with Crippen LogP contribution in [0.4, 0.5) is 10.2 Å². The topological polar surface area (TPSA) is 61.0 Å². The SMILES string of the molecule is CCc1ccc(C(=O)N[C@@H]2CCN(c3cc(-c4ccc(F)cc4)[nH]n3)C2)cc1. The number of anilines is 1. The van der Waals surface area contributed by atoms with Crippen LogP contribution in [0.25, 0.3) is 11.3 Å². The van der Waals surface area contributed by atoms with E-state index < -0.39 is 0 Å². The van der Waals surface area contributed by atoms with Gasteiger partial charge in [0.05, 0.1) is 5.69 Å². The van der Waals surface area contributed by atoms with E-state index in [4.69, 9.17) is 0 Å². The highest BCUT2D eigenvalue weighted by Crippen LogP contribution is 2.24. The van der Waals surface area contributed by atoms with Crippen LogP contribution in [0.15, 0.2) is 54.6 Å². The van der Waals surface area contributed by atoms with Crippen molar-refractivity contribution >= 4 is 11.7 Å². The summed E-state index contributed by atoms with van der Waals surface area (Å²) in [5, 5.41) is 10.5. The molecule has 0 radical (unpaired) electrons. The van der Waals surface area contributed by atoms with E-state index in [1.807, 2.05) is 30.3 Å². The predicted molar refractivity (Wildman–Crippen MR) is 108 cm³/mol. The Morgan fingerprint density at radius 3 is 2.68 bits per heavy atom. The van der Waals surface area contributed by atoms with Crippen LogP contribution < -0.4 is 10.2 Å². The Morgan fingerprint density at radius 1 is 1.21 bits per heavy atom. The average Bonchev–Trinajstić information content (AvgIpc) is 3.38. The van der Waals surface area contributed by atoms with Gasteiger partial charge in [-0.2, -0.15) is 5.10 Å². The second kappa shape index (κ2) is 7.84. The minimum Gasteiger partial charge on any atom is -0.353 e. The van der Waals surface area contributed by atoms with Gasteiger partial charge in [-0.05, 0) is 60.4 Å². The molecule has 0 aliphatic carbocycles. The number of aryl methyl sites for hydroxylation is 1. The number of nitrogens with zero attached hydrogens (tertiary/aromatic N) is 2. The quantitative estimate of drug-likeness (QED) is 0.710. The first-order valence-corrected chi connectivity index (χ1v) is 9.58. The van der Waals surface area contributed by atoms with Gasteiger partial charge in [0.1, 0.15) is 5.82 Å². The molecular weight excluding hydrogens is 355 g/mol. The number of aromatic nitrogens is 2. The zero-order valence-electron chi connectivity index (χ0n) is 15.8. The molecule has 1 aliphatic heterocycles. The van der Waals surface area contributed by atoms with Crippen molar-refractivity contribution in [1.82, 2.24) is 15.5 Å². The Labute approximate surface area is 163 Å². The maximum absolute atomic E-state index is 13.1. The molecule has 6 heteroatoms. The molecule has 5 nitrogen and oxygen atoms in total. The van der Waals surface area contributed by atoms with Crippen LogP contribution in [0.2, 0.25) is 0 Å². The zero-order valence-corrected chi connectivity index (χ0v) is 15.8. The Kier molecular flexibility index (Phi) is 5.10. The molecule has 2 N–H and O–H groups in total. The number of halogens is 1. The number of benzene rings is 2. The van der Waals surface area contributed by atoms with E-state index in [1.54, 1.807) is 12.1 Å². The van der Waals surface area contributed by atoms with Gasteiger partial charge in [-0.25, -0.2) is 4.39 Å². The summed E-state index contributed by atoms with van der Waals surface area (Å²) in [6.45, 7) is 3.64. The summed E-state index contributed by atoms with van der Waals surface area (Å²) >= 11 is 0. The molecule has 1 saturated heterocycles. The third-order valence-electron chi connectivity index (χ3n) is 5.19. The Balaban J connectivity index is 1.37. The van der Waals surface area contributed by atoms with E-state index in [1.165, 1.54) is 17.7 Å². The molecule has 0 spiro atoms. The smallest absolute Gasteiger partial charge is 0.251 e. The van der Waals surface area contributed by atoms with E-state index >= 15 is 0 Å². The Morgan fingerprint density at radius 2 is 1.96 bits per heavy atom. The monoisotopic (exact) mass is 378 g/mol. The van der Waals surface area contributed by atoms with Crippen molar-refractivity contribution in [2.24, 2.45) is 0 Å². The van der Waals surface area contributed by atoms with E-state index in [9.17, 15) is 9.18 Å². The first kappa shape index (κ1) is 18.2. The summed E-state index contributed by atoms with van der Waals surface area (Å²) in [5.41, 5.74) is 3.64. The number of amides is 1. The molecule has 2 heterocycles. The highest BCUT2D eigenvalue weighted by Gasteiger charge is 2.26. The maximum atomic E-state index is 13.1. The molecule has 1 atom stereocenters. The van der Waals surface area contributed by atoms with Crippen molar-refractivity contribution < 1.29 is 9.18 Å². The van der Waals surface area contributed by atoms with Gasteiger partial charge in [0.25, 0.3) is 5.91 Å². The average molecular weight is 378 g/mol. The molecule has 1 aliphatic rings. The molecule has 3 aromatic rings. The van der Waals surface area contributed by atoms with Crippen LogP contribution in [0.3, 0.4) is 0 Å². The van der Waals surface area contributed by atoms with Gasteiger partial charge in [0.15, 0.2) is 5.82 Å². The summed E-state index contributed by atoms with van der Waals surface area (Å²) < 4.78 is 13.1. The number of aromatic amines is 1. The van der Waals surface area contributed by atoms with Crippen LogP contribution in [0.1, 0.15) is 29.3 Å². The fourth-order valence-electron chi connectivity index (χ4n) is 3.50. The predicted octanol–water partition coefficient (Wildman–Crippen LogP) is 3.79. The molecule has 2 aromatic carbocycles. The molecule has 1 aromatic heterocycles. The first-order chi connectivity index (χ1) is 13.6. The second-order valence-corrected chi connectivity index (χ2v) is 7.10. The van der Waals surface area contributed by atoms with Gasteiger partial charge in [0.2, 0.25) is 0 Å². The zero-order chi connectivity index (χ0) is 19.5. The van der Waals surface area contributed by atoms with E-state index in [-0.39, 0.29) is 17.8 Å². The fourth-order valence-corrected chi connectivity index (χ4v) is 3.50. The number of rotatable bonds is 5. The summed E-state index contributed by atoms with van der Waals surface area (Å²) in [7, 11) is 0. The lowest BCUT2D eigenvalue weighted by Crippen LogP contribution is -2.37. The van der Waals surface area contributed by atoms with Crippen LogP contribution in [0.5, 0.6) is 0 Å². The molecule has 4 rings (SSSR count). The molecule has 0 bridgehead atoms. The highest BCUT2D eigenvalue weighted by molar-refractivity contribution is 5.94. The van der Waals surface area contributed by atoms with E-state index in [2.05, 4.69) is 27.3 Å². The molecule has 0 saturated carbocycles. The second-order valence-electron chi connectivity index (χ2n) is 7.10. The maximum Gasteiger partial charge on any atom is 0.251 e. The van der Waals surface area contributed by atoms with Crippen LogP contribution >= 0.6 is 0 Å². The number of hydrogen-bond donors (Lipinski definition) is 2. The van der Waals surface area contributed by atoms with Crippen molar-refractivity contribution in [1.29, 1.82) is 0 Å². The molecule has 1 fully saturated rings. The summed E-state index contributed by atoms with van der Waals surface area (Å²) in [4.78, 5) is 14.6. The lowest BCUT2D eigenvalue weighted by atomic mass is 10.1. The van der Waals surface area contributed by atoms with Gasteiger partial charge in [-0.3, -0.25) is 9.89 Å². The highest BCUT2D eigenvalue weighted by atomic mass is 19.1. The minimum absolute atomic E-state index is 0.0384. The number of nitrogens with one attached hydrogen (secondary N) is 2. The molecule has 144 valence electrons. The number of H-pyrrole nitrogens is 1. The van der Waals surface area contributed by atoms with Gasteiger partial charge < -0.3 is 10.2 Å². The standard InChI is InChI=1S/C22H23FN4O/c1-2-15-3-5-17(6-4-15)22(28)24-19-11-12-27(14-19)21-13-20(25-26-21)16-7-9-18(23)10-8-16/h3-10,13,19H,2,11-12,14H2,1H3,(H,24,28)(H,25,26)/t19-/m1/s1. The normalized spacial score (nSPS) is 16.4. The van der Waals surface area contributed by atoms with Crippen LogP contribution in [0, 0.1) is 5.82 Å². The van der Waals surface area contributed by atoms with Gasteiger partial charge in [-0.1, -0.05) is 19.1 Å². The number of hydrogen-bond acceptors (Lipinski definition) is 3. The van der Waals surface area contributed by atoms with Crippen molar-refractivity contribution in [2.45, 2.75) is 25.8 Å². The third-order valence-corrected chi connectivity index (χ3v) is 5.19. The van der Waals surface area contributed by atoms with Crippen LogP contribution in [-0.2, 0) is 6.42 Å². The molecule has 0 unspecified atom stereocenters. The Bertz CT molecular complexity index is 949. The van der Waals surface area contributed by atoms with Crippen molar-refractivity contribution in [3.8, 4) is 11.3 Å².